The van der Waals surface area contributed by atoms with E-state index in [1.165, 1.54) is 5.69 Å². The summed E-state index contributed by atoms with van der Waals surface area (Å²) in [6.07, 6.45) is 6.34. The van der Waals surface area contributed by atoms with E-state index >= 15 is 0 Å². The maximum absolute atomic E-state index is 4.13. The van der Waals surface area contributed by atoms with Gasteiger partial charge in [-0.1, -0.05) is 0 Å². The van der Waals surface area contributed by atoms with Crippen LogP contribution in [0.25, 0.3) is 5.69 Å². The van der Waals surface area contributed by atoms with E-state index in [-0.39, 0.29) is 0 Å². The summed E-state index contributed by atoms with van der Waals surface area (Å²) in [7, 11) is 0. The fourth-order valence-electron chi connectivity index (χ4n) is 1.68. The lowest BCUT2D eigenvalue weighted by Crippen LogP contribution is -2.04. The summed E-state index contributed by atoms with van der Waals surface area (Å²) in [4.78, 5) is 4.13. The number of aromatic nitrogens is 4. The van der Waals surface area contributed by atoms with Crippen molar-refractivity contribution < 1.29 is 0 Å². The summed E-state index contributed by atoms with van der Waals surface area (Å²) < 4.78 is 2.05. The molecule has 5 nitrogen and oxygen atoms in total. The average Bonchev–Trinajstić information content (AvgIpc) is 2.61. The third kappa shape index (κ3) is 0.985. The number of hydrogen-bond donors (Lipinski definition) is 1. The van der Waals surface area contributed by atoms with Gasteiger partial charge in [-0.2, -0.15) is 5.10 Å². The number of fused-ring (bicyclic) bond motifs is 3. The minimum Gasteiger partial charge on any atom is -0.366 e. The fraction of sp³-hybridized carbons (Fsp3) is 0.222. The smallest absolute Gasteiger partial charge is 0.173 e. The molecule has 0 unspecified atom stereocenters. The second-order valence-electron chi connectivity index (χ2n) is 3.20. The van der Waals surface area contributed by atoms with Gasteiger partial charge in [0.15, 0.2) is 5.82 Å². The summed E-state index contributed by atoms with van der Waals surface area (Å²) in [5.74, 6) is 0.823. The molecule has 0 radical (unpaired) electrons. The minimum atomic E-state index is 0.823. The summed E-state index contributed by atoms with van der Waals surface area (Å²) in [6, 6.07) is 1.94. The van der Waals surface area contributed by atoms with E-state index in [4.69, 9.17) is 0 Å². The summed E-state index contributed by atoms with van der Waals surface area (Å²) in [5.41, 5.74) is 2.22. The Hall–Kier alpha value is -1.91. The maximum atomic E-state index is 4.13. The Balaban J connectivity index is 2.27. The molecule has 3 rings (SSSR count). The predicted octanol–water partition coefficient (Wildman–Crippen LogP) is 0.630. The zero-order valence-corrected chi connectivity index (χ0v) is 7.51. The van der Waals surface area contributed by atoms with Crippen molar-refractivity contribution in [2.24, 2.45) is 0 Å². The van der Waals surface area contributed by atoms with E-state index < -0.39 is 0 Å². The first-order valence-electron chi connectivity index (χ1n) is 4.52. The topological polar surface area (TPSA) is 55.6 Å². The minimum absolute atomic E-state index is 0.823. The van der Waals surface area contributed by atoms with Crippen LogP contribution < -0.4 is 5.32 Å². The van der Waals surface area contributed by atoms with Crippen LogP contribution in [0.2, 0.25) is 0 Å². The van der Waals surface area contributed by atoms with Crippen molar-refractivity contribution in [3.63, 3.8) is 0 Å². The van der Waals surface area contributed by atoms with Crippen LogP contribution in [-0.4, -0.2) is 26.3 Å². The molecule has 1 N–H and O–H groups in total. The second-order valence-corrected chi connectivity index (χ2v) is 3.20. The van der Waals surface area contributed by atoms with Gasteiger partial charge in [0.1, 0.15) is 0 Å². The molecule has 0 saturated heterocycles. The molecule has 2 aromatic heterocycles. The second kappa shape index (κ2) is 2.80. The third-order valence-electron chi connectivity index (χ3n) is 2.35. The highest BCUT2D eigenvalue weighted by atomic mass is 15.2. The Labute approximate surface area is 80.8 Å². The number of nitrogens with zero attached hydrogens (tertiary/aromatic N) is 4. The molecule has 0 amide bonds. The van der Waals surface area contributed by atoms with Gasteiger partial charge in [0, 0.05) is 24.9 Å². The fourth-order valence-corrected chi connectivity index (χ4v) is 1.68. The number of imidazole rings is 1. The highest BCUT2D eigenvalue weighted by Gasteiger charge is 2.13. The van der Waals surface area contributed by atoms with Crippen molar-refractivity contribution in [1.29, 1.82) is 0 Å². The summed E-state index contributed by atoms with van der Waals surface area (Å²) >= 11 is 0. The van der Waals surface area contributed by atoms with Crippen LogP contribution in [0, 0.1) is 0 Å². The Morgan fingerprint density at radius 1 is 1.43 bits per heavy atom. The number of anilines is 1. The number of hydrogen-bond acceptors (Lipinski definition) is 4. The van der Waals surface area contributed by atoms with Crippen LogP contribution in [0.3, 0.4) is 0 Å². The predicted molar refractivity (Wildman–Crippen MR) is 51.3 cm³/mol. The van der Waals surface area contributed by atoms with Gasteiger partial charge in [-0.05, 0) is 6.07 Å². The summed E-state index contributed by atoms with van der Waals surface area (Å²) in [5, 5.41) is 11.1. The molecule has 1 aliphatic heterocycles. The van der Waals surface area contributed by atoms with E-state index in [0.717, 1.165) is 24.5 Å². The van der Waals surface area contributed by atoms with Crippen LogP contribution in [0.15, 0.2) is 24.8 Å². The van der Waals surface area contributed by atoms with Crippen LogP contribution in [-0.2, 0) is 6.42 Å². The lowest BCUT2D eigenvalue weighted by Gasteiger charge is -2.05. The Morgan fingerprint density at radius 2 is 2.43 bits per heavy atom. The van der Waals surface area contributed by atoms with Gasteiger partial charge in [-0.3, -0.25) is 4.57 Å². The van der Waals surface area contributed by atoms with Gasteiger partial charge in [0.05, 0.1) is 18.2 Å². The van der Waals surface area contributed by atoms with E-state index in [1.807, 2.05) is 23.2 Å². The van der Waals surface area contributed by atoms with E-state index in [0.29, 0.717) is 0 Å². The Bertz CT molecular complexity index is 462. The molecule has 5 heteroatoms. The van der Waals surface area contributed by atoms with Crippen molar-refractivity contribution in [1.82, 2.24) is 19.7 Å². The quantitative estimate of drug-likeness (QED) is 0.657. The van der Waals surface area contributed by atoms with Gasteiger partial charge < -0.3 is 5.32 Å². The molecule has 3 heterocycles. The normalized spacial score (nSPS) is 13.7. The first-order chi connectivity index (χ1) is 6.95. The van der Waals surface area contributed by atoms with Crippen LogP contribution in [0.5, 0.6) is 0 Å². The molecule has 0 aromatic carbocycles. The van der Waals surface area contributed by atoms with Gasteiger partial charge in [-0.15, -0.1) is 5.10 Å². The first kappa shape index (κ1) is 7.49. The molecular formula is C9H9N5. The van der Waals surface area contributed by atoms with Gasteiger partial charge >= 0.3 is 0 Å². The Morgan fingerprint density at radius 3 is 3.43 bits per heavy atom. The molecule has 0 atom stereocenters. The van der Waals surface area contributed by atoms with E-state index in [9.17, 15) is 0 Å². The van der Waals surface area contributed by atoms with Crippen LogP contribution >= 0.6 is 0 Å². The monoisotopic (exact) mass is 187 g/mol. The highest BCUT2D eigenvalue weighted by Crippen LogP contribution is 2.20. The highest BCUT2D eigenvalue weighted by molar-refractivity contribution is 5.56. The van der Waals surface area contributed by atoms with Crippen molar-refractivity contribution in [3.05, 3.63) is 30.5 Å². The molecule has 0 saturated carbocycles. The zero-order chi connectivity index (χ0) is 9.38. The molecule has 14 heavy (non-hydrogen) atoms. The van der Waals surface area contributed by atoms with Crippen molar-refractivity contribution >= 4 is 5.82 Å². The zero-order valence-electron chi connectivity index (χ0n) is 7.51. The lowest BCUT2D eigenvalue weighted by atomic mass is 10.3. The standard InChI is InChI=1S/C9H9N5/c1-3-11-9-8(2-4-12-13-9)14-6-10-5-7(1)14/h2,4-6H,1,3H2,(H,11,13). The molecule has 0 bridgehead atoms. The molecule has 0 fully saturated rings. The third-order valence-corrected chi connectivity index (χ3v) is 2.35. The largest absolute Gasteiger partial charge is 0.366 e. The first-order valence-corrected chi connectivity index (χ1v) is 4.52. The number of rotatable bonds is 0. The Kier molecular flexibility index (Phi) is 1.50. The van der Waals surface area contributed by atoms with E-state index in [1.54, 1.807) is 6.20 Å². The molecule has 70 valence electrons. The lowest BCUT2D eigenvalue weighted by molar-refractivity contribution is 0.927. The van der Waals surface area contributed by atoms with Crippen molar-refractivity contribution in [2.75, 3.05) is 11.9 Å². The molecular weight excluding hydrogens is 178 g/mol. The van der Waals surface area contributed by atoms with Gasteiger partial charge in [0.2, 0.25) is 0 Å². The van der Waals surface area contributed by atoms with Crippen molar-refractivity contribution in [3.8, 4) is 5.69 Å². The molecule has 1 aliphatic rings. The van der Waals surface area contributed by atoms with Gasteiger partial charge in [-0.25, -0.2) is 4.98 Å². The average molecular weight is 187 g/mol. The van der Waals surface area contributed by atoms with Gasteiger partial charge in [0.25, 0.3) is 0 Å². The van der Waals surface area contributed by atoms with E-state index in [2.05, 4.69) is 20.5 Å². The molecule has 0 spiro atoms. The SMILES string of the molecule is c1cc2c(nn1)NCCc1cncn1-2. The van der Waals surface area contributed by atoms with Crippen LogP contribution in [0.1, 0.15) is 5.69 Å². The molecule has 0 aliphatic carbocycles. The number of nitrogens with one attached hydrogen (secondary N) is 1. The van der Waals surface area contributed by atoms with Crippen molar-refractivity contribution in [2.45, 2.75) is 6.42 Å². The summed E-state index contributed by atoms with van der Waals surface area (Å²) in [6.45, 7) is 0.872. The molecule has 2 aromatic rings. The van der Waals surface area contributed by atoms with Crippen LogP contribution in [0.4, 0.5) is 5.82 Å². The maximum Gasteiger partial charge on any atom is 0.173 e.